The van der Waals surface area contributed by atoms with E-state index in [1.807, 2.05) is 0 Å². The first-order valence-electron chi connectivity index (χ1n) is 10.3. The number of hydrogen-bond acceptors (Lipinski definition) is 4. The van der Waals surface area contributed by atoms with Crippen LogP contribution in [0.4, 0.5) is 10.1 Å². The summed E-state index contributed by atoms with van der Waals surface area (Å²) in [6.45, 7) is 1.10. The number of halogens is 1. The molecule has 4 rings (SSSR count). The summed E-state index contributed by atoms with van der Waals surface area (Å²) < 4.78 is 46.4. The molecule has 3 aromatic carbocycles. The first-order chi connectivity index (χ1) is 15.4. The van der Waals surface area contributed by atoms with E-state index in [1.165, 1.54) is 24.3 Å². The molecule has 1 aliphatic heterocycles. The molecule has 166 valence electrons. The van der Waals surface area contributed by atoms with Crippen molar-refractivity contribution in [2.45, 2.75) is 30.9 Å². The SMILES string of the molecule is O=C1CCCN1c1ccc(S(=O)(=O)NCc2ccc(OCc3ccc(F)cc3)cc2)cc1. The van der Waals surface area contributed by atoms with Gasteiger partial charge in [0.15, 0.2) is 0 Å². The number of nitrogens with zero attached hydrogens (tertiary/aromatic N) is 1. The Hall–Kier alpha value is -3.23. The van der Waals surface area contributed by atoms with Gasteiger partial charge in [0.1, 0.15) is 18.2 Å². The molecule has 0 spiro atoms. The van der Waals surface area contributed by atoms with Crippen molar-refractivity contribution in [3.8, 4) is 5.75 Å². The number of ether oxygens (including phenoxy) is 1. The summed E-state index contributed by atoms with van der Waals surface area (Å²) in [5.41, 5.74) is 2.34. The zero-order valence-electron chi connectivity index (χ0n) is 17.3. The van der Waals surface area contributed by atoms with E-state index in [1.54, 1.807) is 53.4 Å². The van der Waals surface area contributed by atoms with Crippen molar-refractivity contribution in [2.24, 2.45) is 0 Å². The fourth-order valence-corrected chi connectivity index (χ4v) is 4.46. The third-order valence-electron chi connectivity index (χ3n) is 5.24. The Labute approximate surface area is 186 Å². The van der Waals surface area contributed by atoms with Crippen molar-refractivity contribution in [1.29, 1.82) is 0 Å². The minimum atomic E-state index is -3.69. The third-order valence-corrected chi connectivity index (χ3v) is 6.66. The zero-order valence-corrected chi connectivity index (χ0v) is 18.1. The second-order valence-corrected chi connectivity index (χ2v) is 9.29. The van der Waals surface area contributed by atoms with Gasteiger partial charge in [0.25, 0.3) is 0 Å². The Morgan fingerprint density at radius 1 is 0.906 bits per heavy atom. The van der Waals surface area contributed by atoms with E-state index in [-0.39, 0.29) is 23.2 Å². The first-order valence-corrected chi connectivity index (χ1v) is 11.8. The predicted molar refractivity (Wildman–Crippen MR) is 119 cm³/mol. The molecule has 0 unspecified atom stereocenters. The van der Waals surface area contributed by atoms with Crippen molar-refractivity contribution in [1.82, 2.24) is 4.72 Å². The second-order valence-electron chi connectivity index (χ2n) is 7.53. The summed E-state index contributed by atoms with van der Waals surface area (Å²) in [5.74, 6) is 0.398. The number of amides is 1. The van der Waals surface area contributed by atoms with Crippen LogP contribution in [-0.2, 0) is 28.0 Å². The lowest BCUT2D eigenvalue weighted by Gasteiger charge is -2.16. The summed E-state index contributed by atoms with van der Waals surface area (Å²) >= 11 is 0. The van der Waals surface area contributed by atoms with Gasteiger partial charge < -0.3 is 9.64 Å². The highest BCUT2D eigenvalue weighted by Crippen LogP contribution is 2.23. The number of hydrogen-bond donors (Lipinski definition) is 1. The van der Waals surface area contributed by atoms with E-state index in [4.69, 9.17) is 4.74 Å². The molecule has 0 bridgehead atoms. The van der Waals surface area contributed by atoms with Crippen LogP contribution in [0.5, 0.6) is 5.75 Å². The Morgan fingerprint density at radius 3 is 2.19 bits per heavy atom. The molecule has 1 heterocycles. The lowest BCUT2D eigenvalue weighted by Crippen LogP contribution is -2.25. The van der Waals surface area contributed by atoms with Gasteiger partial charge in [-0.3, -0.25) is 4.79 Å². The lowest BCUT2D eigenvalue weighted by molar-refractivity contribution is -0.117. The van der Waals surface area contributed by atoms with Gasteiger partial charge in [0.05, 0.1) is 4.90 Å². The average Bonchev–Trinajstić information content (AvgIpc) is 3.24. The molecule has 1 N–H and O–H groups in total. The number of benzene rings is 3. The highest BCUT2D eigenvalue weighted by Gasteiger charge is 2.22. The number of nitrogens with one attached hydrogen (secondary N) is 1. The molecule has 3 aromatic rings. The van der Waals surface area contributed by atoms with Gasteiger partial charge in [-0.2, -0.15) is 0 Å². The Balaban J connectivity index is 1.32. The molecular formula is C24H23FN2O4S. The van der Waals surface area contributed by atoms with Crippen LogP contribution in [0.2, 0.25) is 0 Å². The Morgan fingerprint density at radius 2 is 1.56 bits per heavy atom. The molecule has 0 aromatic heterocycles. The number of rotatable bonds is 8. The fourth-order valence-electron chi connectivity index (χ4n) is 3.44. The predicted octanol–water partition coefficient (Wildman–Crippen LogP) is 4.01. The van der Waals surface area contributed by atoms with Crippen LogP contribution in [0.25, 0.3) is 0 Å². The summed E-state index contributed by atoms with van der Waals surface area (Å²) in [7, 11) is -3.69. The van der Waals surface area contributed by atoms with Crippen molar-refractivity contribution in [3.05, 3.63) is 89.7 Å². The highest BCUT2D eigenvalue weighted by atomic mass is 32.2. The van der Waals surface area contributed by atoms with Crippen LogP contribution in [0.3, 0.4) is 0 Å². The van der Waals surface area contributed by atoms with Crippen LogP contribution < -0.4 is 14.4 Å². The van der Waals surface area contributed by atoms with Gasteiger partial charge in [-0.15, -0.1) is 0 Å². The topological polar surface area (TPSA) is 75.7 Å². The van der Waals surface area contributed by atoms with Gasteiger partial charge >= 0.3 is 0 Å². The summed E-state index contributed by atoms with van der Waals surface area (Å²) in [6.07, 6.45) is 1.34. The normalized spacial score (nSPS) is 14.0. The van der Waals surface area contributed by atoms with E-state index in [2.05, 4.69) is 4.72 Å². The van der Waals surface area contributed by atoms with E-state index in [9.17, 15) is 17.6 Å². The third kappa shape index (κ3) is 5.33. The molecule has 0 radical (unpaired) electrons. The monoisotopic (exact) mass is 454 g/mol. The molecular weight excluding hydrogens is 431 g/mol. The summed E-state index contributed by atoms with van der Waals surface area (Å²) in [4.78, 5) is 13.7. The van der Waals surface area contributed by atoms with Crippen LogP contribution in [0.15, 0.2) is 77.7 Å². The van der Waals surface area contributed by atoms with Gasteiger partial charge in [-0.1, -0.05) is 24.3 Å². The van der Waals surface area contributed by atoms with Gasteiger partial charge in [-0.05, 0) is 66.1 Å². The Bertz CT molecular complexity index is 1180. The molecule has 1 amide bonds. The maximum atomic E-state index is 13.0. The number of sulfonamides is 1. The van der Waals surface area contributed by atoms with Gasteiger partial charge in [0, 0.05) is 25.2 Å². The summed E-state index contributed by atoms with van der Waals surface area (Å²) in [5, 5.41) is 0. The maximum absolute atomic E-state index is 13.0. The van der Waals surface area contributed by atoms with Crippen molar-refractivity contribution < 1.29 is 22.3 Å². The van der Waals surface area contributed by atoms with Crippen LogP contribution in [0.1, 0.15) is 24.0 Å². The smallest absolute Gasteiger partial charge is 0.240 e. The number of anilines is 1. The molecule has 0 atom stereocenters. The highest BCUT2D eigenvalue weighted by molar-refractivity contribution is 7.89. The molecule has 32 heavy (non-hydrogen) atoms. The van der Waals surface area contributed by atoms with Crippen LogP contribution in [-0.4, -0.2) is 20.9 Å². The largest absolute Gasteiger partial charge is 0.489 e. The minimum absolute atomic E-state index is 0.0591. The lowest BCUT2D eigenvalue weighted by atomic mass is 10.2. The summed E-state index contributed by atoms with van der Waals surface area (Å²) in [6, 6.07) is 19.5. The molecule has 8 heteroatoms. The van der Waals surface area contributed by atoms with Crippen molar-refractivity contribution in [3.63, 3.8) is 0 Å². The van der Waals surface area contributed by atoms with Crippen molar-refractivity contribution >= 4 is 21.6 Å². The molecule has 1 fully saturated rings. The molecule has 1 aliphatic rings. The standard InChI is InChI=1S/C24H23FN2O4S/c25-20-7-3-19(4-8-20)17-31-22-11-5-18(6-12-22)16-26-32(29,30)23-13-9-21(10-14-23)27-15-1-2-24(27)28/h3-14,26H,1-2,15-17H2. The van der Waals surface area contributed by atoms with E-state index in [0.717, 1.165) is 17.5 Å². The Kier molecular flexibility index (Phi) is 6.53. The quantitative estimate of drug-likeness (QED) is 0.558. The van der Waals surface area contributed by atoms with Crippen LogP contribution in [0, 0.1) is 5.82 Å². The maximum Gasteiger partial charge on any atom is 0.240 e. The van der Waals surface area contributed by atoms with Gasteiger partial charge in [-0.25, -0.2) is 17.5 Å². The molecule has 1 saturated heterocycles. The van der Waals surface area contributed by atoms with E-state index in [0.29, 0.717) is 31.0 Å². The first kappa shape index (κ1) is 22.0. The molecule has 0 aliphatic carbocycles. The molecule has 0 saturated carbocycles. The number of carbonyl (C=O) groups is 1. The minimum Gasteiger partial charge on any atom is -0.489 e. The average molecular weight is 455 g/mol. The fraction of sp³-hybridized carbons (Fsp3) is 0.208. The van der Waals surface area contributed by atoms with Crippen molar-refractivity contribution in [2.75, 3.05) is 11.4 Å². The second kappa shape index (κ2) is 9.50. The van der Waals surface area contributed by atoms with E-state index < -0.39 is 10.0 Å². The van der Waals surface area contributed by atoms with Gasteiger partial charge in [0.2, 0.25) is 15.9 Å². The van der Waals surface area contributed by atoms with E-state index >= 15 is 0 Å². The molecule has 6 nitrogen and oxygen atoms in total. The van der Waals surface area contributed by atoms with Crippen LogP contribution >= 0.6 is 0 Å². The zero-order chi connectivity index (χ0) is 22.6. The number of carbonyl (C=O) groups excluding carboxylic acids is 1.